The van der Waals surface area contributed by atoms with Crippen LogP contribution < -0.4 is 16.2 Å². The van der Waals surface area contributed by atoms with Gasteiger partial charge in [-0.05, 0) is 11.6 Å². The Labute approximate surface area is 203 Å². The highest BCUT2D eigenvalue weighted by atomic mass is 32.1. The fourth-order valence-electron chi connectivity index (χ4n) is 3.19. The van der Waals surface area contributed by atoms with E-state index in [-0.39, 0.29) is 6.54 Å². The second-order valence-corrected chi connectivity index (χ2v) is 8.13. The molecule has 0 saturated heterocycles. The predicted octanol–water partition coefficient (Wildman–Crippen LogP) is 1.53. The molecule has 1 aromatic carbocycles. The minimum Gasteiger partial charge on any atom is -0.506 e. The number of benzene rings is 1. The summed E-state index contributed by atoms with van der Waals surface area (Å²) >= 11 is 1.16. The van der Waals surface area contributed by atoms with Crippen LogP contribution in [-0.4, -0.2) is 49.2 Å². The number of carbonyl (C=O) groups is 3. The molecule has 0 aliphatic carbocycles. The van der Waals surface area contributed by atoms with Gasteiger partial charge in [0.05, 0.1) is 18.7 Å². The summed E-state index contributed by atoms with van der Waals surface area (Å²) in [6.45, 7) is -2.08. The number of carboxylic acids is 1. The van der Waals surface area contributed by atoms with Crippen molar-refractivity contribution in [3.63, 3.8) is 0 Å². The van der Waals surface area contributed by atoms with E-state index in [0.29, 0.717) is 9.57 Å². The summed E-state index contributed by atoms with van der Waals surface area (Å²) in [5.74, 6) is -6.64. The van der Waals surface area contributed by atoms with Crippen molar-refractivity contribution >= 4 is 29.1 Å². The van der Waals surface area contributed by atoms with Crippen molar-refractivity contribution in [2.75, 3.05) is 6.54 Å². The van der Waals surface area contributed by atoms with Gasteiger partial charge in [-0.1, -0.05) is 18.2 Å². The number of pyridine rings is 1. The van der Waals surface area contributed by atoms with Gasteiger partial charge in [0.15, 0.2) is 5.75 Å². The summed E-state index contributed by atoms with van der Waals surface area (Å²) in [6, 6.07) is 4.11. The Morgan fingerprint density at radius 3 is 2.33 bits per heavy atom. The Morgan fingerprint density at radius 1 is 1.06 bits per heavy atom. The molecule has 36 heavy (non-hydrogen) atoms. The van der Waals surface area contributed by atoms with E-state index in [1.54, 1.807) is 5.38 Å². The van der Waals surface area contributed by atoms with Gasteiger partial charge < -0.3 is 26.0 Å². The molecule has 0 fully saturated rings. The third-order valence-corrected chi connectivity index (χ3v) is 5.58. The second kappa shape index (κ2) is 10.5. The zero-order chi connectivity index (χ0) is 26.6. The lowest BCUT2D eigenvalue weighted by Crippen LogP contribution is -2.36. The van der Waals surface area contributed by atoms with Crippen molar-refractivity contribution in [1.82, 2.24) is 20.2 Å². The minimum absolute atomic E-state index is 0.187. The average Bonchev–Trinajstić information content (AvgIpc) is 3.32. The van der Waals surface area contributed by atoms with E-state index in [4.69, 9.17) is 5.11 Å². The Bertz CT molecular complexity index is 1370. The average molecular weight is 526 g/mol. The fraction of sp³-hybridized carbons (Fsp3) is 0.190. The topological polar surface area (TPSA) is 171 Å². The van der Waals surface area contributed by atoms with Crippen LogP contribution in [0.5, 0.6) is 11.6 Å². The lowest BCUT2D eigenvalue weighted by molar-refractivity contribution is -0.138. The third-order valence-electron chi connectivity index (χ3n) is 4.80. The van der Waals surface area contributed by atoms with Gasteiger partial charge in [-0.25, -0.2) is 4.98 Å². The molecule has 2 amide bonds. The number of aromatic nitrogens is 2. The Balaban J connectivity index is 2.15. The molecule has 0 bridgehead atoms. The summed E-state index contributed by atoms with van der Waals surface area (Å²) < 4.78 is 40.7. The summed E-state index contributed by atoms with van der Waals surface area (Å²) in [6.07, 6.45) is -3.39. The number of halogens is 3. The van der Waals surface area contributed by atoms with E-state index in [2.05, 4.69) is 10.3 Å². The van der Waals surface area contributed by atoms with E-state index < -0.39 is 76.5 Å². The lowest BCUT2D eigenvalue weighted by Gasteiger charge is -2.18. The fourth-order valence-corrected chi connectivity index (χ4v) is 3.75. The van der Waals surface area contributed by atoms with Crippen molar-refractivity contribution in [3.05, 3.63) is 73.5 Å². The van der Waals surface area contributed by atoms with Gasteiger partial charge in [-0.3, -0.25) is 23.7 Å². The van der Waals surface area contributed by atoms with Gasteiger partial charge >= 0.3 is 12.1 Å². The first kappa shape index (κ1) is 26.2. The molecule has 190 valence electrons. The third kappa shape index (κ3) is 5.63. The number of amides is 2. The van der Waals surface area contributed by atoms with Crippen LogP contribution in [0.4, 0.5) is 13.2 Å². The van der Waals surface area contributed by atoms with Crippen LogP contribution in [0.15, 0.2) is 40.6 Å². The number of aliphatic carboxylic acids is 1. The van der Waals surface area contributed by atoms with E-state index in [1.165, 1.54) is 12.3 Å². The number of hydrogen-bond donors (Lipinski definition) is 5. The van der Waals surface area contributed by atoms with Gasteiger partial charge in [-0.15, -0.1) is 11.3 Å². The standard InChI is InChI=1S/C21H17F3N4O7S/c22-21(23,24)11-4-2-1-3-10(11)9-28-19(34)14(17(32)26-7-12-25-5-6-36-12)16(31)15(20(28)35)18(33)27-8-13(29)30/h1-6,31,35H,7-9H2,(H,26,32)(H,27,33)(H,29,30). The Hall–Kier alpha value is -4.40. The minimum atomic E-state index is -4.83. The van der Waals surface area contributed by atoms with Crippen LogP contribution in [0.3, 0.4) is 0 Å². The molecular weight excluding hydrogens is 509 g/mol. The molecule has 3 rings (SSSR count). The number of nitrogens with zero attached hydrogens (tertiary/aromatic N) is 2. The lowest BCUT2D eigenvalue weighted by atomic mass is 10.1. The van der Waals surface area contributed by atoms with E-state index in [0.717, 1.165) is 29.5 Å². The molecule has 0 saturated carbocycles. The first-order valence-corrected chi connectivity index (χ1v) is 10.8. The maximum atomic E-state index is 13.5. The number of hydrogen-bond acceptors (Lipinski definition) is 8. The first-order chi connectivity index (χ1) is 16.9. The van der Waals surface area contributed by atoms with E-state index in [1.807, 2.05) is 5.32 Å². The van der Waals surface area contributed by atoms with Crippen LogP contribution in [0.25, 0.3) is 0 Å². The maximum absolute atomic E-state index is 13.5. The predicted molar refractivity (Wildman–Crippen MR) is 118 cm³/mol. The monoisotopic (exact) mass is 526 g/mol. The molecular formula is C21H17F3N4O7S. The quantitative estimate of drug-likeness (QED) is 0.294. The largest absolute Gasteiger partial charge is 0.506 e. The normalized spacial score (nSPS) is 11.2. The van der Waals surface area contributed by atoms with Crippen LogP contribution in [0.2, 0.25) is 0 Å². The zero-order valence-corrected chi connectivity index (χ0v) is 18.8. The SMILES string of the molecule is O=C(O)CNC(=O)c1c(O)c(C(=O)NCc2nccs2)c(=O)n(Cc2ccccc2C(F)(F)F)c1O. The highest BCUT2D eigenvalue weighted by molar-refractivity contribution is 7.09. The van der Waals surface area contributed by atoms with Gasteiger partial charge in [0, 0.05) is 11.6 Å². The highest BCUT2D eigenvalue weighted by Gasteiger charge is 2.34. The van der Waals surface area contributed by atoms with Gasteiger partial charge in [0.25, 0.3) is 17.4 Å². The molecule has 3 aromatic rings. The first-order valence-electron chi connectivity index (χ1n) is 9.92. The number of thiazole rings is 1. The molecule has 0 radical (unpaired) electrons. The van der Waals surface area contributed by atoms with Crippen LogP contribution in [-0.2, 0) is 24.1 Å². The zero-order valence-electron chi connectivity index (χ0n) is 18.0. The Morgan fingerprint density at radius 2 is 1.72 bits per heavy atom. The smallest absolute Gasteiger partial charge is 0.416 e. The van der Waals surface area contributed by atoms with Crippen molar-refractivity contribution in [3.8, 4) is 11.6 Å². The van der Waals surface area contributed by atoms with Crippen LogP contribution in [0.1, 0.15) is 36.9 Å². The molecule has 2 aromatic heterocycles. The summed E-state index contributed by atoms with van der Waals surface area (Å²) in [7, 11) is 0. The molecule has 0 aliphatic heterocycles. The molecule has 15 heteroatoms. The van der Waals surface area contributed by atoms with Gasteiger partial charge in [0.1, 0.15) is 22.7 Å². The summed E-state index contributed by atoms with van der Waals surface area (Å²) in [4.78, 5) is 53.1. The molecule has 5 N–H and O–H groups in total. The van der Waals surface area contributed by atoms with Crippen LogP contribution in [0, 0.1) is 0 Å². The second-order valence-electron chi connectivity index (χ2n) is 7.15. The summed E-state index contributed by atoms with van der Waals surface area (Å²) in [5.41, 5.74) is -5.14. The maximum Gasteiger partial charge on any atom is 0.416 e. The molecule has 0 spiro atoms. The van der Waals surface area contributed by atoms with Crippen molar-refractivity contribution < 1.29 is 42.9 Å². The van der Waals surface area contributed by atoms with Crippen molar-refractivity contribution in [1.29, 1.82) is 0 Å². The van der Waals surface area contributed by atoms with E-state index in [9.17, 15) is 42.6 Å². The number of aromatic hydroxyl groups is 2. The summed E-state index contributed by atoms with van der Waals surface area (Å²) in [5, 5.41) is 36.1. The van der Waals surface area contributed by atoms with Gasteiger partial charge in [-0.2, -0.15) is 13.2 Å². The number of carbonyl (C=O) groups excluding carboxylic acids is 2. The van der Waals surface area contributed by atoms with E-state index >= 15 is 0 Å². The number of nitrogens with one attached hydrogen (secondary N) is 2. The van der Waals surface area contributed by atoms with Crippen LogP contribution >= 0.6 is 11.3 Å². The van der Waals surface area contributed by atoms with Crippen molar-refractivity contribution in [2.45, 2.75) is 19.3 Å². The molecule has 0 atom stereocenters. The number of alkyl halides is 3. The number of rotatable bonds is 8. The molecule has 0 unspecified atom stereocenters. The number of carboxylic acid groups (broad SMARTS) is 1. The molecule has 0 aliphatic rings. The Kier molecular flexibility index (Phi) is 7.62. The highest BCUT2D eigenvalue weighted by Crippen LogP contribution is 2.34. The van der Waals surface area contributed by atoms with Crippen molar-refractivity contribution in [2.24, 2.45) is 0 Å². The molecule has 2 heterocycles. The van der Waals surface area contributed by atoms with Gasteiger partial charge in [0.2, 0.25) is 5.88 Å². The molecule has 11 nitrogen and oxygen atoms in total.